The summed E-state index contributed by atoms with van der Waals surface area (Å²) in [6, 6.07) is 9.98. The lowest BCUT2D eigenvalue weighted by atomic mass is 10.1. The topological polar surface area (TPSA) is 70.3 Å². The minimum Gasteiger partial charge on any atom is -0.493 e. The number of benzene rings is 2. The van der Waals surface area contributed by atoms with Crippen LogP contribution in [0.2, 0.25) is 0 Å². The lowest BCUT2D eigenvalue weighted by Crippen LogP contribution is -2.03. The van der Waals surface area contributed by atoms with Crippen LogP contribution in [0.1, 0.15) is 17.0 Å². The van der Waals surface area contributed by atoms with Crippen molar-refractivity contribution in [3.05, 3.63) is 65.8 Å². The number of alkyl halides is 3. The van der Waals surface area contributed by atoms with Crippen molar-refractivity contribution in [2.24, 2.45) is 0 Å². The average molecular weight is 415 g/mol. The van der Waals surface area contributed by atoms with Crippen LogP contribution in [0.25, 0.3) is 22.2 Å². The van der Waals surface area contributed by atoms with E-state index in [0.717, 1.165) is 17.5 Å². The van der Waals surface area contributed by atoms with Crippen molar-refractivity contribution >= 4 is 10.9 Å². The molecule has 9 heteroatoms. The number of methoxy groups -OCH3 is 2. The van der Waals surface area contributed by atoms with Crippen LogP contribution < -0.4 is 9.47 Å². The summed E-state index contributed by atoms with van der Waals surface area (Å²) < 4.78 is 54.2. The molecule has 0 fully saturated rings. The van der Waals surface area contributed by atoms with Crippen LogP contribution in [0.15, 0.2) is 53.3 Å². The van der Waals surface area contributed by atoms with E-state index in [1.54, 1.807) is 32.4 Å². The summed E-state index contributed by atoms with van der Waals surface area (Å²) >= 11 is 0. The van der Waals surface area contributed by atoms with Crippen molar-refractivity contribution in [3.8, 4) is 22.8 Å². The molecule has 0 spiro atoms. The Morgan fingerprint density at radius 3 is 2.30 bits per heavy atom. The molecule has 154 valence electrons. The normalized spacial score (nSPS) is 11.6. The molecule has 2 aromatic heterocycles. The number of fused-ring (bicyclic) bond motifs is 1. The third kappa shape index (κ3) is 3.78. The Morgan fingerprint density at radius 2 is 1.63 bits per heavy atom. The molecular weight excluding hydrogens is 399 g/mol. The van der Waals surface area contributed by atoms with Gasteiger partial charge in [-0.05, 0) is 18.2 Å². The van der Waals surface area contributed by atoms with Crippen molar-refractivity contribution in [2.45, 2.75) is 12.6 Å². The van der Waals surface area contributed by atoms with Gasteiger partial charge in [-0.25, -0.2) is 9.97 Å². The van der Waals surface area contributed by atoms with Gasteiger partial charge in [0.1, 0.15) is 17.8 Å². The number of halogens is 3. The third-order valence-electron chi connectivity index (χ3n) is 4.63. The van der Waals surface area contributed by atoms with Gasteiger partial charge in [0.15, 0.2) is 11.5 Å². The van der Waals surface area contributed by atoms with Crippen LogP contribution in [0.4, 0.5) is 13.2 Å². The summed E-state index contributed by atoms with van der Waals surface area (Å²) in [6.45, 7) is 0. The van der Waals surface area contributed by atoms with Crippen molar-refractivity contribution in [1.82, 2.24) is 15.1 Å². The van der Waals surface area contributed by atoms with E-state index in [4.69, 9.17) is 14.0 Å². The third-order valence-corrected chi connectivity index (χ3v) is 4.63. The van der Waals surface area contributed by atoms with E-state index in [0.29, 0.717) is 46.1 Å². The van der Waals surface area contributed by atoms with Gasteiger partial charge in [0.25, 0.3) is 0 Å². The minimum atomic E-state index is -4.38. The SMILES string of the molecule is COc1cc2ncnc(Cc3cc(-c4ccc(C(F)(F)F)cc4)no3)c2cc1OC. The quantitative estimate of drug-likeness (QED) is 0.461. The zero-order valence-corrected chi connectivity index (χ0v) is 16.0. The molecule has 6 nitrogen and oxygen atoms in total. The van der Waals surface area contributed by atoms with Gasteiger partial charge in [0.05, 0.1) is 37.4 Å². The molecule has 0 radical (unpaired) electrons. The smallest absolute Gasteiger partial charge is 0.416 e. The molecular formula is C21H16F3N3O3. The average Bonchev–Trinajstić information content (AvgIpc) is 3.21. The standard InChI is InChI=1S/C21H16F3N3O3/c1-28-19-9-15-17(25-11-26-18(15)10-20(19)29-2)8-14-7-16(27-30-14)12-3-5-13(6-4-12)21(22,23)24/h3-7,9-11H,8H2,1-2H3. The van der Waals surface area contributed by atoms with E-state index in [1.807, 2.05) is 0 Å². The van der Waals surface area contributed by atoms with Crippen LogP contribution in [0.3, 0.4) is 0 Å². The second-order valence-electron chi connectivity index (χ2n) is 6.48. The number of hydrogen-bond acceptors (Lipinski definition) is 6. The maximum atomic E-state index is 12.7. The minimum absolute atomic E-state index is 0.322. The van der Waals surface area contributed by atoms with Gasteiger partial charge in [-0.1, -0.05) is 17.3 Å². The largest absolute Gasteiger partial charge is 0.493 e. The van der Waals surface area contributed by atoms with Crippen molar-refractivity contribution in [1.29, 1.82) is 0 Å². The van der Waals surface area contributed by atoms with E-state index >= 15 is 0 Å². The van der Waals surface area contributed by atoms with E-state index in [9.17, 15) is 13.2 Å². The van der Waals surface area contributed by atoms with Crippen molar-refractivity contribution < 1.29 is 27.2 Å². The van der Waals surface area contributed by atoms with Crippen LogP contribution in [0.5, 0.6) is 11.5 Å². The Bertz CT molecular complexity index is 1190. The number of aromatic nitrogens is 3. The molecule has 0 N–H and O–H groups in total. The molecule has 4 aromatic rings. The zero-order chi connectivity index (χ0) is 21.3. The van der Waals surface area contributed by atoms with E-state index in [2.05, 4.69) is 15.1 Å². The van der Waals surface area contributed by atoms with Crippen molar-refractivity contribution in [3.63, 3.8) is 0 Å². The molecule has 0 saturated carbocycles. The van der Waals surface area contributed by atoms with E-state index in [1.165, 1.54) is 18.5 Å². The summed E-state index contributed by atoms with van der Waals surface area (Å²) in [5.74, 6) is 1.61. The number of ether oxygens (including phenoxy) is 2. The molecule has 30 heavy (non-hydrogen) atoms. The maximum absolute atomic E-state index is 12.7. The highest BCUT2D eigenvalue weighted by Crippen LogP contribution is 2.33. The van der Waals surface area contributed by atoms with Gasteiger partial charge in [-0.2, -0.15) is 13.2 Å². The van der Waals surface area contributed by atoms with Crippen LogP contribution >= 0.6 is 0 Å². The first-order chi connectivity index (χ1) is 14.4. The first-order valence-corrected chi connectivity index (χ1v) is 8.88. The Morgan fingerprint density at radius 1 is 0.933 bits per heavy atom. The van der Waals surface area contributed by atoms with Gasteiger partial charge >= 0.3 is 6.18 Å². The van der Waals surface area contributed by atoms with E-state index < -0.39 is 11.7 Å². The molecule has 0 atom stereocenters. The first-order valence-electron chi connectivity index (χ1n) is 8.88. The Labute approximate surface area is 169 Å². The van der Waals surface area contributed by atoms with Gasteiger partial charge in [0, 0.05) is 23.1 Å². The highest BCUT2D eigenvalue weighted by molar-refractivity contribution is 5.84. The van der Waals surface area contributed by atoms with Gasteiger partial charge < -0.3 is 14.0 Å². The molecule has 0 aliphatic carbocycles. The van der Waals surface area contributed by atoms with Crippen molar-refractivity contribution in [2.75, 3.05) is 14.2 Å². The molecule has 2 aromatic carbocycles. The molecule has 0 unspecified atom stereocenters. The second-order valence-corrected chi connectivity index (χ2v) is 6.48. The highest BCUT2D eigenvalue weighted by Gasteiger charge is 2.30. The molecule has 0 aliphatic heterocycles. The predicted molar refractivity (Wildman–Crippen MR) is 102 cm³/mol. The fourth-order valence-corrected chi connectivity index (χ4v) is 3.10. The summed E-state index contributed by atoms with van der Waals surface area (Å²) in [6.07, 6.45) is -2.62. The molecule has 2 heterocycles. The first kappa shape index (κ1) is 19.7. The van der Waals surface area contributed by atoms with Gasteiger partial charge in [-0.3, -0.25) is 0 Å². The Kier molecular flexibility index (Phi) is 5.03. The summed E-state index contributed by atoms with van der Waals surface area (Å²) in [5, 5.41) is 4.74. The molecule has 0 amide bonds. The summed E-state index contributed by atoms with van der Waals surface area (Å²) in [4.78, 5) is 8.60. The van der Waals surface area contributed by atoms with Gasteiger partial charge in [0.2, 0.25) is 0 Å². The molecule has 4 rings (SSSR count). The number of rotatable bonds is 5. The second kappa shape index (κ2) is 7.66. The lowest BCUT2D eigenvalue weighted by Gasteiger charge is -2.10. The fourth-order valence-electron chi connectivity index (χ4n) is 3.10. The molecule has 0 saturated heterocycles. The van der Waals surface area contributed by atoms with Crippen LogP contribution in [-0.2, 0) is 12.6 Å². The Hall–Kier alpha value is -3.62. The lowest BCUT2D eigenvalue weighted by molar-refractivity contribution is -0.137. The summed E-state index contributed by atoms with van der Waals surface area (Å²) in [7, 11) is 3.09. The molecule has 0 bridgehead atoms. The number of nitrogens with zero attached hydrogens (tertiary/aromatic N) is 3. The fraction of sp³-hybridized carbons (Fsp3) is 0.190. The van der Waals surface area contributed by atoms with Gasteiger partial charge in [-0.15, -0.1) is 0 Å². The predicted octanol–water partition coefficient (Wildman–Crippen LogP) is 4.91. The monoisotopic (exact) mass is 415 g/mol. The van der Waals surface area contributed by atoms with Crippen LogP contribution in [0, 0.1) is 0 Å². The highest BCUT2D eigenvalue weighted by atomic mass is 19.4. The van der Waals surface area contributed by atoms with E-state index in [-0.39, 0.29) is 0 Å². The zero-order valence-electron chi connectivity index (χ0n) is 16.0. The molecule has 0 aliphatic rings. The van der Waals surface area contributed by atoms with Crippen LogP contribution in [-0.4, -0.2) is 29.3 Å². The maximum Gasteiger partial charge on any atom is 0.416 e. The summed E-state index contributed by atoms with van der Waals surface area (Å²) in [5.41, 5.74) is 1.62. The number of hydrogen-bond donors (Lipinski definition) is 0. The Balaban J connectivity index is 1.63.